The molecule has 6 heteroatoms. The Morgan fingerprint density at radius 1 is 1.23 bits per heavy atom. The molecule has 0 radical (unpaired) electrons. The molecule has 1 saturated heterocycles. The molecule has 1 aromatic rings. The van der Waals surface area contributed by atoms with Gasteiger partial charge in [-0.2, -0.15) is 0 Å². The van der Waals surface area contributed by atoms with Gasteiger partial charge >= 0.3 is 12.1 Å². The first-order valence-corrected chi connectivity index (χ1v) is 7.93. The third kappa shape index (κ3) is 3.19. The zero-order valence-electron chi connectivity index (χ0n) is 12.1. The molecule has 0 aromatic heterocycles. The predicted octanol–water partition coefficient (Wildman–Crippen LogP) is 2.82. The second kappa shape index (κ2) is 6.57. The van der Waals surface area contributed by atoms with E-state index in [9.17, 15) is 9.59 Å². The van der Waals surface area contributed by atoms with Crippen LogP contribution >= 0.6 is 11.6 Å². The SMILES string of the molecule is O=C1OC(=O)N(CCOc2ccccc2)C2CCC(Cl)CC12. The molecule has 2 aliphatic rings. The van der Waals surface area contributed by atoms with E-state index in [-0.39, 0.29) is 17.3 Å². The van der Waals surface area contributed by atoms with Crippen molar-refractivity contribution in [2.75, 3.05) is 13.2 Å². The number of hydrogen-bond acceptors (Lipinski definition) is 4. The Labute approximate surface area is 134 Å². The van der Waals surface area contributed by atoms with Crippen LogP contribution in [0.4, 0.5) is 4.79 Å². The molecule has 0 bridgehead atoms. The topological polar surface area (TPSA) is 55.8 Å². The number of halogens is 1. The number of ether oxygens (including phenoxy) is 2. The molecular weight excluding hydrogens is 306 g/mol. The molecule has 2 fully saturated rings. The Balaban J connectivity index is 1.61. The van der Waals surface area contributed by atoms with Crippen LogP contribution < -0.4 is 4.74 Å². The maximum Gasteiger partial charge on any atom is 0.417 e. The van der Waals surface area contributed by atoms with E-state index in [0.29, 0.717) is 19.6 Å². The lowest BCUT2D eigenvalue weighted by molar-refractivity contribution is -0.152. The number of cyclic esters (lactones) is 2. The molecule has 0 N–H and O–H groups in total. The summed E-state index contributed by atoms with van der Waals surface area (Å²) >= 11 is 6.13. The van der Waals surface area contributed by atoms with E-state index >= 15 is 0 Å². The Morgan fingerprint density at radius 3 is 2.77 bits per heavy atom. The lowest BCUT2D eigenvalue weighted by Crippen LogP contribution is -2.56. The van der Waals surface area contributed by atoms with Crippen LogP contribution in [0, 0.1) is 5.92 Å². The van der Waals surface area contributed by atoms with E-state index < -0.39 is 12.1 Å². The van der Waals surface area contributed by atoms with Crippen molar-refractivity contribution in [1.82, 2.24) is 4.90 Å². The summed E-state index contributed by atoms with van der Waals surface area (Å²) in [7, 11) is 0. The summed E-state index contributed by atoms with van der Waals surface area (Å²) in [6.45, 7) is 0.760. The molecular formula is C16H18ClNO4. The van der Waals surface area contributed by atoms with Crippen LogP contribution in [-0.4, -0.2) is 41.5 Å². The lowest BCUT2D eigenvalue weighted by atomic mass is 9.82. The number of esters is 1. The summed E-state index contributed by atoms with van der Waals surface area (Å²) in [6.07, 6.45) is 1.52. The fourth-order valence-electron chi connectivity index (χ4n) is 3.12. The monoisotopic (exact) mass is 323 g/mol. The molecule has 1 amide bonds. The van der Waals surface area contributed by atoms with Crippen LogP contribution in [0.5, 0.6) is 5.75 Å². The van der Waals surface area contributed by atoms with Gasteiger partial charge in [0, 0.05) is 11.4 Å². The Kier molecular flexibility index (Phi) is 4.52. The minimum atomic E-state index is -0.573. The molecule has 3 unspecified atom stereocenters. The van der Waals surface area contributed by atoms with E-state index in [2.05, 4.69) is 0 Å². The highest BCUT2D eigenvalue weighted by molar-refractivity contribution is 6.20. The van der Waals surface area contributed by atoms with Crippen molar-refractivity contribution >= 4 is 23.7 Å². The van der Waals surface area contributed by atoms with Crippen LogP contribution in [0.2, 0.25) is 0 Å². The first-order chi connectivity index (χ1) is 10.6. The molecule has 118 valence electrons. The first kappa shape index (κ1) is 15.2. The predicted molar refractivity (Wildman–Crippen MR) is 80.9 cm³/mol. The number of alkyl halides is 1. The summed E-state index contributed by atoms with van der Waals surface area (Å²) in [5.74, 6) is -0.00350. The summed E-state index contributed by atoms with van der Waals surface area (Å²) in [6, 6.07) is 9.29. The van der Waals surface area contributed by atoms with Crippen molar-refractivity contribution in [3.8, 4) is 5.75 Å². The average molecular weight is 324 g/mol. The number of hydrogen-bond donors (Lipinski definition) is 0. The third-order valence-corrected chi connectivity index (χ3v) is 4.62. The highest BCUT2D eigenvalue weighted by atomic mass is 35.5. The van der Waals surface area contributed by atoms with Crippen molar-refractivity contribution in [3.63, 3.8) is 0 Å². The smallest absolute Gasteiger partial charge is 0.417 e. The number of nitrogens with zero attached hydrogens (tertiary/aromatic N) is 1. The van der Waals surface area contributed by atoms with Crippen molar-refractivity contribution in [1.29, 1.82) is 0 Å². The van der Waals surface area contributed by atoms with Gasteiger partial charge in [0.05, 0.1) is 12.5 Å². The highest BCUT2D eigenvalue weighted by Gasteiger charge is 2.46. The van der Waals surface area contributed by atoms with Gasteiger partial charge in [-0.3, -0.25) is 4.79 Å². The molecule has 3 atom stereocenters. The van der Waals surface area contributed by atoms with Crippen molar-refractivity contribution in [2.45, 2.75) is 30.7 Å². The largest absolute Gasteiger partial charge is 0.492 e. The summed E-state index contributed by atoms with van der Waals surface area (Å²) in [4.78, 5) is 25.5. The summed E-state index contributed by atoms with van der Waals surface area (Å²) < 4.78 is 10.5. The first-order valence-electron chi connectivity index (χ1n) is 7.49. The highest BCUT2D eigenvalue weighted by Crippen LogP contribution is 2.35. The van der Waals surface area contributed by atoms with Crippen LogP contribution in [0.25, 0.3) is 0 Å². The average Bonchev–Trinajstić information content (AvgIpc) is 2.52. The zero-order chi connectivity index (χ0) is 15.5. The standard InChI is InChI=1S/C16H18ClNO4/c17-11-6-7-14-13(10-11)15(19)22-16(20)18(14)8-9-21-12-4-2-1-3-5-12/h1-5,11,13-14H,6-10H2. The molecule has 22 heavy (non-hydrogen) atoms. The van der Waals surface area contributed by atoms with Crippen molar-refractivity contribution in [2.24, 2.45) is 5.92 Å². The minimum absolute atomic E-state index is 0.0237. The van der Waals surface area contributed by atoms with Crippen molar-refractivity contribution in [3.05, 3.63) is 30.3 Å². The van der Waals surface area contributed by atoms with Gasteiger partial charge in [0.15, 0.2) is 0 Å². The van der Waals surface area contributed by atoms with Gasteiger partial charge in [0.2, 0.25) is 0 Å². The van der Waals surface area contributed by atoms with Crippen LogP contribution in [0.15, 0.2) is 30.3 Å². The van der Waals surface area contributed by atoms with E-state index in [0.717, 1.165) is 18.6 Å². The molecule has 3 rings (SSSR count). The maximum absolute atomic E-state index is 12.0. The summed E-state index contributed by atoms with van der Waals surface area (Å²) in [5.41, 5.74) is 0. The number of fused-ring (bicyclic) bond motifs is 1. The second-order valence-electron chi connectivity index (χ2n) is 5.63. The molecule has 5 nitrogen and oxygen atoms in total. The van der Waals surface area contributed by atoms with E-state index in [1.807, 2.05) is 30.3 Å². The number of rotatable bonds is 4. The van der Waals surface area contributed by atoms with Gasteiger partial charge < -0.3 is 14.4 Å². The number of benzene rings is 1. The van der Waals surface area contributed by atoms with Gasteiger partial charge in [-0.1, -0.05) is 18.2 Å². The molecule has 1 saturated carbocycles. The fraction of sp³-hybridized carbons (Fsp3) is 0.500. The van der Waals surface area contributed by atoms with Gasteiger partial charge in [-0.05, 0) is 31.4 Å². The number of carbonyl (C=O) groups is 2. The number of para-hydroxylation sites is 1. The maximum atomic E-state index is 12.0. The Hall–Kier alpha value is -1.75. The number of carbonyl (C=O) groups excluding carboxylic acids is 2. The van der Waals surface area contributed by atoms with Crippen LogP contribution in [0.3, 0.4) is 0 Å². The second-order valence-corrected chi connectivity index (χ2v) is 6.24. The van der Waals surface area contributed by atoms with E-state index in [1.165, 1.54) is 0 Å². The Morgan fingerprint density at radius 2 is 2.00 bits per heavy atom. The number of amides is 1. The molecule has 0 spiro atoms. The fourth-order valence-corrected chi connectivity index (χ4v) is 3.44. The zero-order valence-corrected chi connectivity index (χ0v) is 12.9. The van der Waals surface area contributed by atoms with Gasteiger partial charge in [-0.15, -0.1) is 11.6 Å². The molecule has 1 aliphatic heterocycles. The van der Waals surface area contributed by atoms with Gasteiger partial charge in [0.1, 0.15) is 12.4 Å². The van der Waals surface area contributed by atoms with Gasteiger partial charge in [0.25, 0.3) is 0 Å². The summed E-state index contributed by atoms with van der Waals surface area (Å²) in [5, 5.41) is -0.0237. The quantitative estimate of drug-likeness (QED) is 0.486. The van der Waals surface area contributed by atoms with E-state index in [4.69, 9.17) is 21.1 Å². The Bertz CT molecular complexity index is 550. The lowest BCUT2D eigenvalue weighted by Gasteiger charge is -2.42. The van der Waals surface area contributed by atoms with Crippen LogP contribution in [-0.2, 0) is 9.53 Å². The van der Waals surface area contributed by atoms with Crippen molar-refractivity contribution < 1.29 is 19.1 Å². The van der Waals surface area contributed by atoms with Gasteiger partial charge in [-0.25, -0.2) is 4.79 Å². The molecule has 1 heterocycles. The molecule has 1 aromatic carbocycles. The van der Waals surface area contributed by atoms with E-state index in [1.54, 1.807) is 4.90 Å². The third-order valence-electron chi connectivity index (χ3n) is 4.22. The van der Waals surface area contributed by atoms with Crippen LogP contribution in [0.1, 0.15) is 19.3 Å². The molecule has 1 aliphatic carbocycles. The minimum Gasteiger partial charge on any atom is -0.492 e. The normalized spacial score (nSPS) is 28.0.